The Balaban J connectivity index is 1.44. The molecule has 1 saturated heterocycles. The quantitative estimate of drug-likeness (QED) is 0.306. The number of piperidine rings is 1. The van der Waals surface area contributed by atoms with Gasteiger partial charge >= 0.3 is 12.3 Å². The van der Waals surface area contributed by atoms with Crippen molar-refractivity contribution in [1.82, 2.24) is 15.5 Å². The Labute approximate surface area is 272 Å². The minimum absolute atomic E-state index is 0.0163. The molecule has 2 aliphatic heterocycles. The number of hydrogen-bond donors (Lipinski definition) is 2. The number of amides is 3. The highest BCUT2D eigenvalue weighted by atomic mass is 19.4. The molecule has 1 fully saturated rings. The van der Waals surface area contributed by atoms with Crippen LogP contribution in [0.4, 0.5) is 23.7 Å². The molecule has 0 bridgehead atoms. The summed E-state index contributed by atoms with van der Waals surface area (Å²) < 4.78 is 54.8. The molecule has 0 aromatic heterocycles. The molecule has 0 aliphatic carbocycles. The zero-order valence-electron chi connectivity index (χ0n) is 26.6. The molecule has 2 atom stereocenters. The van der Waals surface area contributed by atoms with Crippen molar-refractivity contribution in [1.29, 1.82) is 0 Å². The second-order valence-electron chi connectivity index (χ2n) is 12.1. The molecule has 2 aliphatic rings. The SMILES string of the molecule is CCN(C(=O)c1cc2c(cc1C(F)(F)F)OC(C)(C)C(=O)N2CCNC(=O)OCc1ccccc1)C1CNCCC1c1ccccc1. The Kier molecular flexibility index (Phi) is 10.1. The largest absolute Gasteiger partial charge is 0.476 e. The third kappa shape index (κ3) is 7.54. The van der Waals surface area contributed by atoms with E-state index in [-0.39, 0.29) is 43.6 Å². The first-order valence-corrected chi connectivity index (χ1v) is 15.7. The summed E-state index contributed by atoms with van der Waals surface area (Å²) in [4.78, 5) is 42.8. The van der Waals surface area contributed by atoms with Gasteiger partial charge in [-0.05, 0) is 57.0 Å². The maximum absolute atomic E-state index is 14.6. The molecule has 12 heteroatoms. The third-order valence-electron chi connectivity index (χ3n) is 8.55. The zero-order chi connectivity index (χ0) is 33.8. The first-order valence-electron chi connectivity index (χ1n) is 15.7. The zero-order valence-corrected chi connectivity index (χ0v) is 26.6. The average Bonchev–Trinajstić information content (AvgIpc) is 3.06. The van der Waals surface area contributed by atoms with Gasteiger partial charge in [-0.1, -0.05) is 60.7 Å². The van der Waals surface area contributed by atoms with Crippen LogP contribution >= 0.6 is 0 Å². The van der Waals surface area contributed by atoms with Crippen LogP contribution in [0.1, 0.15) is 60.2 Å². The summed E-state index contributed by atoms with van der Waals surface area (Å²) in [5.41, 5.74) is -1.41. The molecule has 250 valence electrons. The van der Waals surface area contributed by atoms with E-state index in [0.29, 0.717) is 19.5 Å². The lowest BCUT2D eigenvalue weighted by atomic mass is 9.84. The topological polar surface area (TPSA) is 100 Å². The smallest absolute Gasteiger partial charge is 0.417 e. The lowest BCUT2D eigenvalue weighted by Gasteiger charge is -2.41. The highest BCUT2D eigenvalue weighted by Gasteiger charge is 2.45. The van der Waals surface area contributed by atoms with Crippen LogP contribution in [0, 0.1) is 0 Å². The van der Waals surface area contributed by atoms with Crippen LogP contribution in [0.2, 0.25) is 0 Å². The molecular formula is C35H39F3N4O5. The normalized spacial score (nSPS) is 18.9. The van der Waals surface area contributed by atoms with Crippen molar-refractivity contribution in [3.05, 3.63) is 95.1 Å². The van der Waals surface area contributed by atoms with Crippen molar-refractivity contribution in [2.75, 3.05) is 37.6 Å². The molecule has 0 saturated carbocycles. The number of benzene rings is 3. The predicted octanol–water partition coefficient (Wildman–Crippen LogP) is 5.74. The highest BCUT2D eigenvalue weighted by Crippen LogP contribution is 2.44. The Hall–Kier alpha value is -4.58. The van der Waals surface area contributed by atoms with E-state index in [4.69, 9.17) is 9.47 Å². The van der Waals surface area contributed by atoms with Gasteiger partial charge in [-0.25, -0.2) is 4.79 Å². The third-order valence-corrected chi connectivity index (χ3v) is 8.55. The number of nitrogens with one attached hydrogen (secondary N) is 2. The van der Waals surface area contributed by atoms with Gasteiger partial charge in [0.1, 0.15) is 12.4 Å². The van der Waals surface area contributed by atoms with E-state index in [1.54, 1.807) is 19.1 Å². The Bertz CT molecular complexity index is 1580. The number of alkyl carbamates (subject to hydrolysis) is 1. The van der Waals surface area contributed by atoms with Crippen LogP contribution in [0.25, 0.3) is 0 Å². The van der Waals surface area contributed by atoms with Crippen LogP contribution in [0.3, 0.4) is 0 Å². The van der Waals surface area contributed by atoms with Crippen molar-refractivity contribution in [2.45, 2.75) is 57.5 Å². The van der Waals surface area contributed by atoms with Gasteiger partial charge in [0.15, 0.2) is 5.60 Å². The summed E-state index contributed by atoms with van der Waals surface area (Å²) in [7, 11) is 0. The fourth-order valence-corrected chi connectivity index (χ4v) is 6.23. The van der Waals surface area contributed by atoms with Gasteiger partial charge < -0.3 is 29.9 Å². The summed E-state index contributed by atoms with van der Waals surface area (Å²) in [5.74, 6) is -1.59. The van der Waals surface area contributed by atoms with Crippen molar-refractivity contribution in [3.8, 4) is 5.75 Å². The Morgan fingerprint density at radius 3 is 2.43 bits per heavy atom. The van der Waals surface area contributed by atoms with Crippen molar-refractivity contribution >= 4 is 23.6 Å². The number of carbonyl (C=O) groups is 3. The van der Waals surface area contributed by atoms with E-state index >= 15 is 0 Å². The molecule has 3 aromatic carbocycles. The first-order chi connectivity index (χ1) is 22.4. The summed E-state index contributed by atoms with van der Waals surface area (Å²) >= 11 is 0. The van der Waals surface area contributed by atoms with Crippen molar-refractivity contribution in [3.63, 3.8) is 0 Å². The molecule has 9 nitrogen and oxygen atoms in total. The summed E-state index contributed by atoms with van der Waals surface area (Å²) in [6.45, 7) is 5.83. The number of hydrogen-bond acceptors (Lipinski definition) is 6. The van der Waals surface area contributed by atoms with Gasteiger partial charge in [-0.2, -0.15) is 13.2 Å². The standard InChI is InChI=1S/C35H39F3N4O5/c1-4-41(29-21-39-16-15-25(29)24-13-9-6-10-14-24)31(43)26-19-28-30(20-27(26)35(36,37)38)47-34(2,3)32(44)42(28)18-17-40-33(45)46-22-23-11-7-5-8-12-23/h5-14,19-20,25,29,39H,4,15-18,21-22H2,1-3H3,(H,40,45). The highest BCUT2D eigenvalue weighted by molar-refractivity contribution is 6.05. The van der Waals surface area contributed by atoms with Gasteiger partial charge in [0.05, 0.1) is 22.9 Å². The minimum Gasteiger partial charge on any atom is -0.476 e. The van der Waals surface area contributed by atoms with Gasteiger partial charge in [-0.3, -0.25) is 9.59 Å². The fraction of sp³-hybridized carbons (Fsp3) is 0.400. The van der Waals surface area contributed by atoms with Crippen molar-refractivity contribution < 1.29 is 37.0 Å². The van der Waals surface area contributed by atoms with Gasteiger partial charge in [-0.15, -0.1) is 0 Å². The van der Waals surface area contributed by atoms with E-state index in [2.05, 4.69) is 10.6 Å². The van der Waals surface area contributed by atoms with Crippen LogP contribution in [-0.2, 0) is 22.3 Å². The number of rotatable bonds is 9. The maximum Gasteiger partial charge on any atom is 0.417 e. The molecular weight excluding hydrogens is 613 g/mol. The first kappa shape index (κ1) is 33.8. The number of alkyl halides is 3. The summed E-state index contributed by atoms with van der Waals surface area (Å²) in [6.07, 6.45) is -4.89. The van der Waals surface area contributed by atoms with E-state index in [9.17, 15) is 27.6 Å². The fourth-order valence-electron chi connectivity index (χ4n) is 6.23. The van der Waals surface area contributed by atoms with Gasteiger partial charge in [0, 0.05) is 32.1 Å². The van der Waals surface area contributed by atoms with E-state index in [1.807, 2.05) is 48.5 Å². The average molecular weight is 653 g/mol. The molecule has 2 heterocycles. The summed E-state index contributed by atoms with van der Waals surface area (Å²) in [5, 5.41) is 5.87. The lowest BCUT2D eigenvalue weighted by molar-refractivity contribution is -0.138. The lowest BCUT2D eigenvalue weighted by Crippen LogP contribution is -2.54. The van der Waals surface area contributed by atoms with Crippen LogP contribution < -0.4 is 20.3 Å². The number of ether oxygens (including phenoxy) is 2. The molecule has 2 unspecified atom stereocenters. The molecule has 3 amide bonds. The number of nitrogens with zero attached hydrogens (tertiary/aromatic N) is 2. The van der Waals surface area contributed by atoms with Crippen LogP contribution in [-0.4, -0.2) is 67.2 Å². The number of carbonyl (C=O) groups excluding carboxylic acids is 3. The van der Waals surface area contributed by atoms with Crippen LogP contribution in [0.15, 0.2) is 72.8 Å². The maximum atomic E-state index is 14.6. The second-order valence-corrected chi connectivity index (χ2v) is 12.1. The van der Waals surface area contributed by atoms with Gasteiger partial charge in [0.2, 0.25) is 0 Å². The molecule has 5 rings (SSSR count). The van der Waals surface area contributed by atoms with Gasteiger partial charge in [0.25, 0.3) is 11.8 Å². The molecule has 0 radical (unpaired) electrons. The predicted molar refractivity (Wildman–Crippen MR) is 170 cm³/mol. The number of anilines is 1. The molecule has 3 aromatic rings. The van der Waals surface area contributed by atoms with Crippen molar-refractivity contribution in [2.24, 2.45) is 0 Å². The van der Waals surface area contributed by atoms with Crippen LogP contribution in [0.5, 0.6) is 5.75 Å². The van der Waals surface area contributed by atoms with E-state index < -0.39 is 46.9 Å². The minimum atomic E-state index is -4.88. The molecule has 0 spiro atoms. The second kappa shape index (κ2) is 14.0. The van der Waals surface area contributed by atoms with E-state index in [0.717, 1.165) is 23.3 Å². The number of halogens is 3. The molecule has 47 heavy (non-hydrogen) atoms. The Morgan fingerprint density at radius 2 is 1.77 bits per heavy atom. The number of fused-ring (bicyclic) bond motifs is 1. The summed E-state index contributed by atoms with van der Waals surface area (Å²) in [6, 6.07) is 20.2. The monoisotopic (exact) mass is 652 g/mol. The molecule has 2 N–H and O–H groups in total. The Morgan fingerprint density at radius 1 is 1.09 bits per heavy atom. The van der Waals surface area contributed by atoms with E-state index in [1.165, 1.54) is 23.6 Å². The number of likely N-dealkylation sites (N-methyl/N-ethyl adjacent to an activating group) is 1.